The number of nitrogens with two attached hydrogens (primary N) is 2. The van der Waals surface area contributed by atoms with Crippen molar-refractivity contribution in [3.05, 3.63) is 12.7 Å². The number of fused-ring (bicyclic) bond motifs is 1. The summed E-state index contributed by atoms with van der Waals surface area (Å²) in [5.41, 5.74) is 8.37. The molecule has 2 aromatic rings. The van der Waals surface area contributed by atoms with E-state index >= 15 is 0 Å². The monoisotopic (exact) mass is 480 g/mol. The molecule has 10 N–H and O–H groups in total. The van der Waals surface area contributed by atoms with E-state index in [9.17, 15) is 20.1 Å². The highest BCUT2D eigenvalue weighted by Gasteiger charge is 2.58. The smallest absolute Gasteiger partial charge is 0.394 e. The molecule has 17 nitrogen and oxygen atoms in total. The molecular weight excluding hydrogens is 456 g/mol. The van der Waals surface area contributed by atoms with Crippen molar-refractivity contribution in [2.45, 2.75) is 30.6 Å². The number of rotatable bonds is 6. The summed E-state index contributed by atoms with van der Waals surface area (Å²) in [7, 11) is -3.09. The Morgan fingerprint density at radius 3 is 2.50 bits per heavy atom. The van der Waals surface area contributed by atoms with Crippen molar-refractivity contribution < 1.29 is 42.4 Å². The number of ether oxygens (including phenoxy) is 1. The second kappa shape index (κ2) is 9.94. The van der Waals surface area contributed by atoms with Crippen LogP contribution in [-0.4, -0.2) is 102 Å². The molecule has 2 aromatic heterocycles. The number of likely N-dealkylation sites (N-methyl/N-ethyl adjacent to an activating group) is 1. The molecule has 1 amide bonds. The fourth-order valence-electron chi connectivity index (χ4n) is 3.22. The summed E-state index contributed by atoms with van der Waals surface area (Å²) in [6, 6.07) is 0. The number of anilines is 1. The van der Waals surface area contributed by atoms with Gasteiger partial charge < -0.3 is 25.8 Å². The van der Waals surface area contributed by atoms with E-state index in [1.165, 1.54) is 22.1 Å². The van der Waals surface area contributed by atoms with Gasteiger partial charge in [-0.05, 0) is 7.05 Å². The van der Waals surface area contributed by atoms with Gasteiger partial charge in [-0.15, -0.1) is 0 Å². The first-order chi connectivity index (χ1) is 14.9. The molecule has 1 aliphatic heterocycles. The van der Waals surface area contributed by atoms with Gasteiger partial charge in [0.05, 0.1) is 6.61 Å². The molecule has 3 rings (SSSR count). The SMILES string of the molecule is CN(CCC(=O)NN)[C@@]1(n2cnc3c(N)ncnc32)O[C@H](CO)[C@@H](O)[C@H]1O.O=S(=O)(O)O. The van der Waals surface area contributed by atoms with E-state index in [1.54, 1.807) is 7.05 Å². The van der Waals surface area contributed by atoms with Gasteiger partial charge in [-0.1, -0.05) is 0 Å². The Morgan fingerprint density at radius 2 is 1.97 bits per heavy atom. The highest BCUT2D eigenvalue weighted by molar-refractivity contribution is 7.79. The number of nitrogens with zero attached hydrogens (tertiary/aromatic N) is 5. The molecule has 1 fully saturated rings. The van der Waals surface area contributed by atoms with E-state index in [0.29, 0.717) is 0 Å². The van der Waals surface area contributed by atoms with E-state index in [4.69, 9.17) is 33.8 Å². The molecule has 3 heterocycles. The van der Waals surface area contributed by atoms with Crippen LogP contribution in [0.2, 0.25) is 0 Å². The first kappa shape index (κ1) is 25.7. The van der Waals surface area contributed by atoms with Crippen LogP contribution < -0.4 is 17.0 Å². The topological polar surface area (TPSA) is 272 Å². The van der Waals surface area contributed by atoms with Gasteiger partial charge in [0, 0.05) is 13.0 Å². The van der Waals surface area contributed by atoms with Crippen LogP contribution in [0.1, 0.15) is 6.42 Å². The van der Waals surface area contributed by atoms with E-state index in [2.05, 4.69) is 15.0 Å². The molecule has 0 spiro atoms. The van der Waals surface area contributed by atoms with Crippen molar-refractivity contribution in [1.29, 1.82) is 0 Å². The predicted octanol–water partition coefficient (Wildman–Crippen LogP) is -4.21. The number of hydrogen-bond acceptors (Lipinski definition) is 13. The Balaban J connectivity index is 0.000000654. The fourth-order valence-corrected chi connectivity index (χ4v) is 3.22. The number of hydrogen-bond donors (Lipinski definition) is 8. The molecule has 0 aliphatic carbocycles. The van der Waals surface area contributed by atoms with Gasteiger partial charge in [-0.25, -0.2) is 20.8 Å². The van der Waals surface area contributed by atoms with Crippen LogP contribution in [0.5, 0.6) is 0 Å². The Morgan fingerprint density at radius 1 is 1.34 bits per heavy atom. The largest absolute Gasteiger partial charge is 0.394 e. The van der Waals surface area contributed by atoms with Crippen LogP contribution in [0.4, 0.5) is 5.82 Å². The molecule has 0 bridgehead atoms. The zero-order valence-corrected chi connectivity index (χ0v) is 17.5. The standard InChI is InChI=1S/C14H22N8O5.H2O4S/c1-21(3-2-8(24)20-16)14(11(26)10(25)7(4-23)27-14)22-6-19-9-12(15)17-5-18-13(9)22;1-5(2,3)4/h5-7,10-11,23,25-26H,2-4,16H2,1H3,(H,20,24)(H2,15,17,18);(H2,1,2,3,4)/t7-,10-,11-,14+;/m1./s1. The number of aromatic nitrogens is 4. The Bertz CT molecular complexity index is 1040. The number of amides is 1. The van der Waals surface area contributed by atoms with Gasteiger partial charge in [-0.3, -0.25) is 28.8 Å². The molecule has 180 valence electrons. The number of nitrogens with one attached hydrogen (secondary N) is 1. The maximum Gasteiger partial charge on any atom is 0.394 e. The van der Waals surface area contributed by atoms with Gasteiger partial charge in [0.15, 0.2) is 11.5 Å². The van der Waals surface area contributed by atoms with Crippen LogP contribution in [-0.2, 0) is 25.8 Å². The lowest BCUT2D eigenvalue weighted by molar-refractivity contribution is -0.234. The van der Waals surface area contributed by atoms with Crippen LogP contribution >= 0.6 is 0 Å². The van der Waals surface area contributed by atoms with Crippen LogP contribution in [0.3, 0.4) is 0 Å². The van der Waals surface area contributed by atoms with E-state index in [-0.39, 0.29) is 29.9 Å². The lowest BCUT2D eigenvalue weighted by atomic mass is 10.1. The molecule has 0 unspecified atom stereocenters. The van der Waals surface area contributed by atoms with Gasteiger partial charge in [0.1, 0.15) is 36.5 Å². The third-order valence-electron chi connectivity index (χ3n) is 4.68. The maximum absolute atomic E-state index is 11.5. The van der Waals surface area contributed by atoms with Crippen molar-refractivity contribution in [3.8, 4) is 0 Å². The Kier molecular flexibility index (Phi) is 7.98. The minimum absolute atomic E-state index is 0.00549. The summed E-state index contributed by atoms with van der Waals surface area (Å²) < 4.78 is 38.9. The molecule has 32 heavy (non-hydrogen) atoms. The summed E-state index contributed by atoms with van der Waals surface area (Å²) in [6.07, 6.45) is -1.39. The van der Waals surface area contributed by atoms with E-state index < -0.39 is 47.1 Å². The van der Waals surface area contributed by atoms with E-state index in [1.807, 2.05) is 5.43 Å². The number of carbonyl (C=O) groups excluding carboxylic acids is 1. The lowest BCUT2D eigenvalue weighted by Gasteiger charge is -2.41. The summed E-state index contributed by atoms with van der Waals surface area (Å²) in [5.74, 6) is 3.11. The highest BCUT2D eigenvalue weighted by atomic mass is 32.3. The fraction of sp³-hybridized carbons (Fsp3) is 0.571. The normalized spacial score (nSPS) is 25.6. The summed E-state index contributed by atoms with van der Waals surface area (Å²) >= 11 is 0. The first-order valence-electron chi connectivity index (χ1n) is 8.86. The molecule has 18 heteroatoms. The Hall–Kier alpha value is -2.55. The average molecular weight is 480 g/mol. The van der Waals surface area contributed by atoms with Crippen molar-refractivity contribution in [2.24, 2.45) is 5.84 Å². The molecule has 4 atom stereocenters. The number of aliphatic hydroxyl groups is 3. The minimum Gasteiger partial charge on any atom is -0.394 e. The molecule has 1 saturated heterocycles. The van der Waals surface area contributed by atoms with Crippen molar-refractivity contribution in [1.82, 2.24) is 29.8 Å². The number of aliphatic hydroxyl groups excluding tert-OH is 3. The number of carbonyl (C=O) groups is 1. The predicted molar refractivity (Wildman–Crippen MR) is 105 cm³/mol. The van der Waals surface area contributed by atoms with Crippen molar-refractivity contribution in [3.63, 3.8) is 0 Å². The zero-order chi connectivity index (χ0) is 24.3. The van der Waals surface area contributed by atoms with Gasteiger partial charge in [-0.2, -0.15) is 8.42 Å². The van der Waals surface area contributed by atoms with Crippen molar-refractivity contribution >= 4 is 33.3 Å². The minimum atomic E-state index is -4.67. The second-order valence-corrected chi connectivity index (χ2v) is 7.56. The van der Waals surface area contributed by atoms with E-state index in [0.717, 1.165) is 0 Å². The molecule has 1 aliphatic rings. The number of nitrogen functional groups attached to an aromatic ring is 1. The summed E-state index contributed by atoms with van der Waals surface area (Å²) in [4.78, 5) is 25.2. The Labute approximate surface area is 181 Å². The summed E-state index contributed by atoms with van der Waals surface area (Å²) in [6.45, 7) is -0.425. The van der Waals surface area contributed by atoms with Gasteiger partial charge in [0.2, 0.25) is 11.8 Å². The first-order valence-corrected chi connectivity index (χ1v) is 10.3. The number of imidazole rings is 1. The third kappa shape index (κ3) is 5.26. The average Bonchev–Trinajstić information content (AvgIpc) is 3.26. The van der Waals surface area contributed by atoms with Crippen LogP contribution in [0, 0.1) is 0 Å². The molecule has 0 saturated carbocycles. The quantitative estimate of drug-likeness (QED) is 0.0842. The molecule has 0 radical (unpaired) electrons. The number of hydrazine groups is 1. The molecule has 0 aromatic carbocycles. The lowest BCUT2D eigenvalue weighted by Crippen LogP contribution is -2.57. The summed E-state index contributed by atoms with van der Waals surface area (Å²) in [5, 5.41) is 30.7. The maximum atomic E-state index is 11.5. The second-order valence-electron chi connectivity index (χ2n) is 6.67. The van der Waals surface area contributed by atoms with Gasteiger partial charge >= 0.3 is 10.4 Å². The zero-order valence-electron chi connectivity index (χ0n) is 16.7. The van der Waals surface area contributed by atoms with Crippen LogP contribution in [0.25, 0.3) is 11.2 Å². The van der Waals surface area contributed by atoms with Crippen molar-refractivity contribution in [2.75, 3.05) is 25.9 Å². The van der Waals surface area contributed by atoms with Crippen LogP contribution in [0.15, 0.2) is 12.7 Å². The molecular formula is C14H24N8O9S. The third-order valence-corrected chi connectivity index (χ3v) is 4.68. The highest BCUT2D eigenvalue weighted by Crippen LogP contribution is 2.39. The van der Waals surface area contributed by atoms with Gasteiger partial charge in [0.25, 0.3) is 0 Å².